The van der Waals surface area contributed by atoms with Crippen molar-refractivity contribution >= 4 is 59.6 Å². The number of nitrogens with one attached hydrogen (secondary N) is 3. The van der Waals surface area contributed by atoms with Crippen molar-refractivity contribution in [3.8, 4) is 0 Å². The van der Waals surface area contributed by atoms with Crippen LogP contribution in [0.4, 0.5) is 10.8 Å². The molecule has 0 aliphatic carbocycles. The number of benzene rings is 1. The molecule has 3 N–H and O–H groups in total. The third-order valence-electron chi connectivity index (χ3n) is 3.37. The monoisotopic (exact) mass is 405 g/mol. The molecular formula is C15H11N5O3S3. The minimum absolute atomic E-state index is 0.245. The van der Waals surface area contributed by atoms with Crippen molar-refractivity contribution in [3.63, 3.8) is 0 Å². The number of aromatic nitrogens is 3. The summed E-state index contributed by atoms with van der Waals surface area (Å²) >= 11 is 2.40. The lowest BCUT2D eigenvalue weighted by Crippen LogP contribution is -2.11. The SMILES string of the molecule is O=C(Nc1nc2ccc(NS(=O)(=O)c3cccs3)cc2s1)c1ccn[nH]1. The Hall–Kier alpha value is -2.76. The van der Waals surface area contributed by atoms with Crippen molar-refractivity contribution in [3.05, 3.63) is 53.7 Å². The van der Waals surface area contributed by atoms with Gasteiger partial charge in [0.05, 0.1) is 15.9 Å². The summed E-state index contributed by atoms with van der Waals surface area (Å²) in [6, 6.07) is 9.80. The molecule has 8 nitrogen and oxygen atoms in total. The lowest BCUT2D eigenvalue weighted by atomic mass is 10.3. The van der Waals surface area contributed by atoms with Crippen LogP contribution in [0, 0.1) is 0 Å². The Morgan fingerprint density at radius 2 is 2.08 bits per heavy atom. The molecule has 0 radical (unpaired) electrons. The summed E-state index contributed by atoms with van der Waals surface area (Å²) < 4.78 is 28.1. The van der Waals surface area contributed by atoms with Gasteiger partial charge in [0.15, 0.2) is 5.13 Å². The Labute approximate surface area is 156 Å². The van der Waals surface area contributed by atoms with Gasteiger partial charge in [-0.15, -0.1) is 11.3 Å². The number of thiazole rings is 1. The number of aromatic amines is 1. The van der Waals surface area contributed by atoms with Gasteiger partial charge in [-0.1, -0.05) is 17.4 Å². The number of H-pyrrole nitrogens is 1. The Morgan fingerprint density at radius 1 is 1.19 bits per heavy atom. The quantitative estimate of drug-likeness (QED) is 0.472. The molecule has 0 aliphatic heterocycles. The summed E-state index contributed by atoms with van der Waals surface area (Å²) in [5.74, 6) is -0.347. The van der Waals surface area contributed by atoms with Gasteiger partial charge in [0.25, 0.3) is 15.9 Å². The zero-order valence-electron chi connectivity index (χ0n) is 13.0. The molecule has 1 amide bonds. The normalized spacial score (nSPS) is 11.5. The number of carbonyl (C=O) groups is 1. The van der Waals surface area contributed by atoms with E-state index < -0.39 is 10.0 Å². The molecular weight excluding hydrogens is 394 g/mol. The van der Waals surface area contributed by atoms with E-state index in [0.29, 0.717) is 22.0 Å². The van der Waals surface area contributed by atoms with Gasteiger partial charge in [-0.3, -0.25) is 19.9 Å². The smallest absolute Gasteiger partial charge is 0.275 e. The van der Waals surface area contributed by atoms with Crippen LogP contribution in [-0.4, -0.2) is 29.5 Å². The van der Waals surface area contributed by atoms with E-state index in [9.17, 15) is 13.2 Å². The molecule has 26 heavy (non-hydrogen) atoms. The lowest BCUT2D eigenvalue weighted by Gasteiger charge is -2.05. The predicted molar refractivity (Wildman–Crippen MR) is 101 cm³/mol. The predicted octanol–water partition coefficient (Wildman–Crippen LogP) is 3.13. The van der Waals surface area contributed by atoms with E-state index >= 15 is 0 Å². The second-order valence-corrected chi connectivity index (χ2v) is 9.05. The summed E-state index contributed by atoms with van der Waals surface area (Å²) in [5.41, 5.74) is 1.42. The van der Waals surface area contributed by atoms with Crippen LogP contribution in [0.3, 0.4) is 0 Å². The maximum absolute atomic E-state index is 12.3. The number of thiophene rings is 1. The minimum Gasteiger partial charge on any atom is -0.296 e. The molecule has 4 rings (SSSR count). The number of hydrogen-bond donors (Lipinski definition) is 3. The zero-order valence-corrected chi connectivity index (χ0v) is 15.4. The molecule has 0 saturated carbocycles. The minimum atomic E-state index is -3.61. The number of anilines is 2. The highest BCUT2D eigenvalue weighted by molar-refractivity contribution is 7.94. The van der Waals surface area contributed by atoms with Crippen LogP contribution in [0.15, 0.2) is 52.2 Å². The fraction of sp³-hybridized carbons (Fsp3) is 0. The van der Waals surface area contributed by atoms with Gasteiger partial charge >= 0.3 is 0 Å². The zero-order chi connectivity index (χ0) is 18.1. The van der Waals surface area contributed by atoms with Crippen LogP contribution in [0.5, 0.6) is 0 Å². The van der Waals surface area contributed by atoms with Crippen molar-refractivity contribution < 1.29 is 13.2 Å². The molecule has 4 aromatic rings. The summed E-state index contributed by atoms with van der Waals surface area (Å²) in [6.07, 6.45) is 1.49. The van der Waals surface area contributed by atoms with Gasteiger partial charge in [-0.25, -0.2) is 13.4 Å². The molecule has 0 bridgehead atoms. The number of rotatable bonds is 5. The van der Waals surface area contributed by atoms with Crippen molar-refractivity contribution in [1.29, 1.82) is 0 Å². The molecule has 0 aliphatic rings. The molecule has 11 heteroatoms. The van der Waals surface area contributed by atoms with Crippen molar-refractivity contribution in [2.75, 3.05) is 10.0 Å². The first-order valence-electron chi connectivity index (χ1n) is 7.29. The number of carbonyl (C=O) groups excluding carboxylic acids is 1. The largest absolute Gasteiger partial charge is 0.296 e. The lowest BCUT2D eigenvalue weighted by molar-refractivity contribution is 0.102. The van der Waals surface area contributed by atoms with E-state index in [1.54, 1.807) is 41.8 Å². The van der Waals surface area contributed by atoms with Gasteiger partial charge in [-0.2, -0.15) is 5.10 Å². The summed E-state index contributed by atoms with van der Waals surface area (Å²) in [7, 11) is -3.61. The number of amides is 1. The number of nitrogens with zero attached hydrogens (tertiary/aromatic N) is 2. The van der Waals surface area contributed by atoms with Crippen LogP contribution in [-0.2, 0) is 10.0 Å². The third-order valence-corrected chi connectivity index (χ3v) is 7.08. The topological polar surface area (TPSA) is 117 Å². The van der Waals surface area contributed by atoms with Crippen molar-refractivity contribution in [2.24, 2.45) is 0 Å². The van der Waals surface area contributed by atoms with E-state index in [0.717, 1.165) is 16.0 Å². The van der Waals surface area contributed by atoms with E-state index in [4.69, 9.17) is 0 Å². The first-order chi connectivity index (χ1) is 12.5. The average molecular weight is 405 g/mol. The maximum Gasteiger partial charge on any atom is 0.275 e. The van der Waals surface area contributed by atoms with Crippen LogP contribution in [0.2, 0.25) is 0 Å². The van der Waals surface area contributed by atoms with Crippen LogP contribution < -0.4 is 10.0 Å². The molecule has 0 unspecified atom stereocenters. The van der Waals surface area contributed by atoms with E-state index in [1.165, 1.54) is 17.5 Å². The maximum atomic E-state index is 12.3. The van der Waals surface area contributed by atoms with Gasteiger partial charge in [-0.05, 0) is 35.7 Å². The molecule has 132 valence electrons. The third kappa shape index (κ3) is 3.31. The van der Waals surface area contributed by atoms with E-state index in [2.05, 4.69) is 25.2 Å². The molecule has 0 fully saturated rings. The van der Waals surface area contributed by atoms with Gasteiger partial charge < -0.3 is 0 Å². The van der Waals surface area contributed by atoms with Gasteiger partial charge in [0, 0.05) is 6.20 Å². The first kappa shape index (κ1) is 16.7. The number of sulfonamides is 1. The summed E-state index contributed by atoms with van der Waals surface area (Å²) in [4.78, 5) is 16.4. The summed E-state index contributed by atoms with van der Waals surface area (Å²) in [5, 5.41) is 11.1. The number of hydrogen-bond acceptors (Lipinski definition) is 7. The first-order valence-corrected chi connectivity index (χ1v) is 10.5. The molecule has 3 heterocycles. The molecule has 0 spiro atoms. The highest BCUT2D eigenvalue weighted by Gasteiger charge is 2.16. The van der Waals surface area contributed by atoms with Gasteiger partial charge in [0.2, 0.25) is 0 Å². The Kier molecular flexibility index (Phi) is 4.18. The fourth-order valence-electron chi connectivity index (χ4n) is 2.21. The second kappa shape index (κ2) is 6.52. The Morgan fingerprint density at radius 3 is 2.81 bits per heavy atom. The highest BCUT2D eigenvalue weighted by Crippen LogP contribution is 2.30. The summed E-state index contributed by atoms with van der Waals surface area (Å²) in [6.45, 7) is 0. The Balaban J connectivity index is 1.57. The highest BCUT2D eigenvalue weighted by atomic mass is 32.2. The molecule has 1 aromatic carbocycles. The van der Waals surface area contributed by atoms with Crippen LogP contribution >= 0.6 is 22.7 Å². The van der Waals surface area contributed by atoms with Gasteiger partial charge in [0.1, 0.15) is 9.90 Å². The van der Waals surface area contributed by atoms with Crippen LogP contribution in [0.25, 0.3) is 10.2 Å². The second-order valence-electron chi connectivity index (χ2n) is 5.16. The Bertz CT molecular complexity index is 1160. The molecule has 3 aromatic heterocycles. The van der Waals surface area contributed by atoms with Crippen molar-refractivity contribution in [1.82, 2.24) is 15.2 Å². The van der Waals surface area contributed by atoms with E-state index in [1.807, 2.05) is 0 Å². The standard InChI is InChI=1S/C15H11N5O3S3/c21-14(11-5-6-16-19-11)18-15-17-10-4-3-9(8-12(10)25-15)20-26(22,23)13-2-1-7-24-13/h1-8,20H,(H,16,19)(H,17,18,21). The fourth-order valence-corrected chi connectivity index (χ4v) is 5.15. The van der Waals surface area contributed by atoms with E-state index in [-0.39, 0.29) is 10.1 Å². The molecule has 0 atom stereocenters. The number of fused-ring (bicyclic) bond motifs is 1. The molecule has 0 saturated heterocycles. The average Bonchev–Trinajstić information content (AvgIpc) is 3.35. The van der Waals surface area contributed by atoms with Crippen LogP contribution in [0.1, 0.15) is 10.5 Å². The van der Waals surface area contributed by atoms with Crippen molar-refractivity contribution in [2.45, 2.75) is 4.21 Å².